The number of aromatic nitrogens is 1. The summed E-state index contributed by atoms with van der Waals surface area (Å²) in [5.41, 5.74) is 3.28. The van der Waals surface area contributed by atoms with E-state index < -0.39 is 0 Å². The fraction of sp³-hybridized carbons (Fsp3) is 0.400. The highest BCUT2D eigenvalue weighted by atomic mass is 32.1. The molecule has 0 bridgehead atoms. The Hall–Kier alpha value is -1.55. The van der Waals surface area contributed by atoms with Crippen molar-refractivity contribution in [1.29, 1.82) is 0 Å². The lowest BCUT2D eigenvalue weighted by molar-refractivity contribution is 0.0950. The molecule has 2 aromatic heterocycles. The summed E-state index contributed by atoms with van der Waals surface area (Å²) in [6.45, 7) is 2.87. The van der Waals surface area contributed by atoms with E-state index in [1.165, 1.54) is 16.9 Å². The number of fused-ring (bicyclic) bond motifs is 1. The Balaban J connectivity index is 1.70. The van der Waals surface area contributed by atoms with Crippen LogP contribution in [0.25, 0.3) is 0 Å². The van der Waals surface area contributed by atoms with Crippen molar-refractivity contribution in [1.82, 2.24) is 10.3 Å². The third-order valence-electron chi connectivity index (χ3n) is 3.76. The van der Waals surface area contributed by atoms with Crippen LogP contribution >= 0.6 is 11.3 Å². The van der Waals surface area contributed by atoms with Crippen molar-refractivity contribution in [3.05, 3.63) is 45.4 Å². The Morgan fingerprint density at radius 1 is 1.58 bits per heavy atom. The van der Waals surface area contributed by atoms with Crippen molar-refractivity contribution in [2.45, 2.75) is 32.7 Å². The van der Waals surface area contributed by atoms with E-state index in [9.17, 15) is 4.79 Å². The third kappa shape index (κ3) is 2.59. The van der Waals surface area contributed by atoms with E-state index in [-0.39, 0.29) is 5.91 Å². The van der Waals surface area contributed by atoms with Gasteiger partial charge in [0, 0.05) is 29.2 Å². The first-order chi connectivity index (χ1) is 9.24. The van der Waals surface area contributed by atoms with Crippen LogP contribution in [0.2, 0.25) is 0 Å². The first kappa shape index (κ1) is 12.5. The first-order valence-corrected chi connectivity index (χ1v) is 7.61. The van der Waals surface area contributed by atoms with Gasteiger partial charge in [-0.25, -0.2) is 0 Å². The van der Waals surface area contributed by atoms with Gasteiger partial charge < -0.3 is 10.3 Å². The zero-order valence-electron chi connectivity index (χ0n) is 11.0. The minimum Gasteiger partial charge on any atom is -0.367 e. The summed E-state index contributed by atoms with van der Waals surface area (Å²) in [5.74, 6) is 0.815. The maximum absolute atomic E-state index is 12.2. The summed E-state index contributed by atoms with van der Waals surface area (Å²) < 4.78 is 0. The summed E-state index contributed by atoms with van der Waals surface area (Å²) in [5, 5.41) is 5.02. The summed E-state index contributed by atoms with van der Waals surface area (Å²) >= 11 is 1.74. The van der Waals surface area contributed by atoms with Gasteiger partial charge in [-0.05, 0) is 42.4 Å². The molecular weight excluding hydrogens is 256 g/mol. The minimum atomic E-state index is 0.0632. The van der Waals surface area contributed by atoms with Crippen molar-refractivity contribution in [3.8, 4) is 0 Å². The molecule has 3 nitrogen and oxygen atoms in total. The van der Waals surface area contributed by atoms with Gasteiger partial charge in [0.25, 0.3) is 5.91 Å². The molecule has 1 aliphatic rings. The Labute approximate surface area is 117 Å². The molecule has 0 saturated heterocycles. The van der Waals surface area contributed by atoms with Gasteiger partial charge >= 0.3 is 0 Å². The molecule has 2 heterocycles. The van der Waals surface area contributed by atoms with E-state index in [4.69, 9.17) is 0 Å². The molecular formula is C15H18N2OS. The average Bonchev–Trinajstić information content (AvgIpc) is 3.04. The van der Waals surface area contributed by atoms with Gasteiger partial charge in [-0.2, -0.15) is 0 Å². The van der Waals surface area contributed by atoms with Crippen molar-refractivity contribution in [2.75, 3.05) is 0 Å². The average molecular weight is 274 g/mol. The standard InChI is InChI=1S/C15H18N2OS/c1-10-2-3-12-13(9-19-14(12)6-10)15(18)17-8-11-4-5-16-7-11/h4-5,7,9-10,16H,2-3,6,8H2,1H3,(H,17,18). The maximum Gasteiger partial charge on any atom is 0.252 e. The number of hydrogen-bond acceptors (Lipinski definition) is 2. The number of carbonyl (C=O) groups is 1. The molecule has 1 unspecified atom stereocenters. The first-order valence-electron chi connectivity index (χ1n) is 6.73. The Kier molecular flexibility index (Phi) is 3.42. The molecule has 2 N–H and O–H groups in total. The Morgan fingerprint density at radius 2 is 2.47 bits per heavy atom. The Morgan fingerprint density at radius 3 is 3.26 bits per heavy atom. The molecule has 1 aliphatic carbocycles. The second-order valence-corrected chi connectivity index (χ2v) is 6.27. The largest absolute Gasteiger partial charge is 0.367 e. The lowest BCUT2D eigenvalue weighted by atomic mass is 9.88. The van der Waals surface area contributed by atoms with E-state index >= 15 is 0 Å². The van der Waals surface area contributed by atoms with Gasteiger partial charge in [-0.1, -0.05) is 6.92 Å². The smallest absolute Gasteiger partial charge is 0.252 e. The van der Waals surface area contributed by atoms with Crippen molar-refractivity contribution in [2.24, 2.45) is 5.92 Å². The minimum absolute atomic E-state index is 0.0632. The van der Waals surface area contributed by atoms with E-state index in [0.717, 1.165) is 29.9 Å². The molecule has 2 aromatic rings. The third-order valence-corrected chi connectivity index (χ3v) is 4.81. The van der Waals surface area contributed by atoms with Crippen LogP contribution in [0.4, 0.5) is 0 Å². The molecule has 0 aliphatic heterocycles. The fourth-order valence-electron chi connectivity index (χ4n) is 2.61. The van der Waals surface area contributed by atoms with Gasteiger partial charge in [0.15, 0.2) is 0 Å². The highest BCUT2D eigenvalue weighted by Gasteiger charge is 2.22. The quantitative estimate of drug-likeness (QED) is 0.887. The molecule has 0 aromatic carbocycles. The van der Waals surface area contributed by atoms with Gasteiger partial charge in [0.1, 0.15) is 0 Å². The number of amides is 1. The van der Waals surface area contributed by atoms with Crippen LogP contribution in [0.3, 0.4) is 0 Å². The van der Waals surface area contributed by atoms with E-state index in [1.807, 2.05) is 23.8 Å². The molecule has 1 atom stereocenters. The van der Waals surface area contributed by atoms with Crippen LogP contribution in [0.5, 0.6) is 0 Å². The van der Waals surface area contributed by atoms with E-state index in [1.54, 1.807) is 11.3 Å². The van der Waals surface area contributed by atoms with Crippen LogP contribution in [-0.4, -0.2) is 10.9 Å². The summed E-state index contributed by atoms with van der Waals surface area (Å²) in [6.07, 6.45) is 7.15. The maximum atomic E-state index is 12.2. The van der Waals surface area contributed by atoms with Crippen LogP contribution in [-0.2, 0) is 19.4 Å². The lowest BCUT2D eigenvalue weighted by Gasteiger charge is -2.18. The Bertz CT molecular complexity index is 571. The van der Waals surface area contributed by atoms with Gasteiger partial charge in [-0.15, -0.1) is 11.3 Å². The van der Waals surface area contributed by atoms with E-state index in [0.29, 0.717) is 6.54 Å². The number of carbonyl (C=O) groups excluding carboxylic acids is 1. The highest BCUT2D eigenvalue weighted by molar-refractivity contribution is 7.10. The summed E-state index contributed by atoms with van der Waals surface area (Å²) in [7, 11) is 0. The normalized spacial score (nSPS) is 18.1. The van der Waals surface area contributed by atoms with Crippen LogP contribution in [0, 0.1) is 5.92 Å². The summed E-state index contributed by atoms with van der Waals surface area (Å²) in [6, 6.07) is 1.98. The number of hydrogen-bond donors (Lipinski definition) is 2. The predicted octanol–water partition coefficient (Wildman–Crippen LogP) is 3.13. The number of aromatic amines is 1. The molecule has 100 valence electrons. The van der Waals surface area contributed by atoms with Crippen molar-refractivity contribution in [3.63, 3.8) is 0 Å². The lowest BCUT2D eigenvalue weighted by Crippen LogP contribution is -2.24. The monoisotopic (exact) mass is 274 g/mol. The molecule has 4 heteroatoms. The molecule has 1 amide bonds. The highest BCUT2D eigenvalue weighted by Crippen LogP contribution is 2.32. The van der Waals surface area contributed by atoms with Gasteiger partial charge in [0.05, 0.1) is 5.56 Å². The van der Waals surface area contributed by atoms with Gasteiger partial charge in [-0.3, -0.25) is 4.79 Å². The van der Waals surface area contributed by atoms with Crippen LogP contribution in [0.15, 0.2) is 23.8 Å². The van der Waals surface area contributed by atoms with E-state index in [2.05, 4.69) is 17.2 Å². The SMILES string of the molecule is CC1CCc2c(C(=O)NCc3cc[nH]c3)csc2C1. The molecule has 19 heavy (non-hydrogen) atoms. The number of thiophene rings is 1. The van der Waals surface area contributed by atoms with Crippen molar-refractivity contribution < 1.29 is 4.79 Å². The molecule has 0 spiro atoms. The molecule has 0 radical (unpaired) electrons. The van der Waals surface area contributed by atoms with Crippen LogP contribution in [0.1, 0.15) is 39.7 Å². The summed E-state index contributed by atoms with van der Waals surface area (Å²) in [4.78, 5) is 16.6. The van der Waals surface area contributed by atoms with Gasteiger partial charge in [0.2, 0.25) is 0 Å². The predicted molar refractivity (Wildman–Crippen MR) is 77.5 cm³/mol. The zero-order valence-corrected chi connectivity index (χ0v) is 11.8. The van der Waals surface area contributed by atoms with Crippen LogP contribution < -0.4 is 5.32 Å². The fourth-order valence-corrected chi connectivity index (χ4v) is 3.86. The second kappa shape index (κ2) is 5.21. The van der Waals surface area contributed by atoms with Crippen molar-refractivity contribution >= 4 is 17.2 Å². The molecule has 0 saturated carbocycles. The topological polar surface area (TPSA) is 44.9 Å². The molecule has 0 fully saturated rings. The molecule has 3 rings (SSSR count). The number of nitrogens with one attached hydrogen (secondary N) is 2. The zero-order chi connectivity index (χ0) is 13.2. The number of H-pyrrole nitrogens is 1. The number of rotatable bonds is 3. The second-order valence-electron chi connectivity index (χ2n) is 5.30.